The summed E-state index contributed by atoms with van der Waals surface area (Å²) in [6.07, 6.45) is 2.33. The molecule has 0 radical (unpaired) electrons. The topological polar surface area (TPSA) is 32.5 Å². The van der Waals surface area contributed by atoms with Crippen LogP contribution < -0.4 is 5.73 Å². The lowest BCUT2D eigenvalue weighted by molar-refractivity contribution is 0.155. The monoisotopic (exact) mass is 299 g/mol. The van der Waals surface area contributed by atoms with Crippen molar-refractivity contribution < 1.29 is 4.39 Å². The largest absolute Gasteiger partial charge is 0.329 e. The van der Waals surface area contributed by atoms with Crippen molar-refractivity contribution in [1.82, 2.24) is 9.80 Å². The van der Waals surface area contributed by atoms with Gasteiger partial charge in [-0.1, -0.05) is 11.6 Å². The highest BCUT2D eigenvalue weighted by atomic mass is 35.5. The lowest BCUT2D eigenvalue weighted by Gasteiger charge is -2.34. The Morgan fingerprint density at radius 1 is 1.45 bits per heavy atom. The molecule has 0 aliphatic carbocycles. The first-order chi connectivity index (χ1) is 9.51. The number of rotatable bonds is 5. The van der Waals surface area contributed by atoms with E-state index in [4.69, 9.17) is 17.3 Å². The van der Waals surface area contributed by atoms with E-state index in [-0.39, 0.29) is 11.9 Å². The van der Waals surface area contributed by atoms with Gasteiger partial charge in [0.15, 0.2) is 0 Å². The molecule has 1 aliphatic rings. The van der Waals surface area contributed by atoms with Gasteiger partial charge in [0.25, 0.3) is 0 Å². The van der Waals surface area contributed by atoms with E-state index in [1.165, 1.54) is 6.07 Å². The Kier molecular flexibility index (Phi) is 5.38. The Balaban J connectivity index is 2.22. The molecule has 112 valence electrons. The van der Waals surface area contributed by atoms with Crippen molar-refractivity contribution in [2.75, 3.05) is 33.7 Å². The molecule has 1 fully saturated rings. The van der Waals surface area contributed by atoms with E-state index in [0.29, 0.717) is 17.6 Å². The minimum atomic E-state index is -0.297. The fourth-order valence-corrected chi connectivity index (χ4v) is 3.35. The number of nitrogens with zero attached hydrogens (tertiary/aromatic N) is 2. The molecule has 0 bridgehead atoms. The summed E-state index contributed by atoms with van der Waals surface area (Å²) in [6.45, 7) is 2.48. The second-order valence-electron chi connectivity index (χ2n) is 5.75. The van der Waals surface area contributed by atoms with E-state index in [1.54, 1.807) is 6.07 Å². The Labute approximate surface area is 125 Å². The zero-order valence-corrected chi connectivity index (χ0v) is 12.9. The van der Waals surface area contributed by atoms with Gasteiger partial charge in [0, 0.05) is 30.2 Å². The minimum absolute atomic E-state index is 0.0376. The Morgan fingerprint density at radius 3 is 2.80 bits per heavy atom. The zero-order valence-electron chi connectivity index (χ0n) is 12.1. The number of halogens is 2. The molecule has 1 saturated heterocycles. The quantitative estimate of drug-likeness (QED) is 0.907. The van der Waals surface area contributed by atoms with E-state index >= 15 is 0 Å². The maximum atomic E-state index is 13.6. The van der Waals surface area contributed by atoms with Crippen LogP contribution in [-0.2, 0) is 0 Å². The molecule has 2 atom stereocenters. The third-order valence-electron chi connectivity index (χ3n) is 3.89. The van der Waals surface area contributed by atoms with Gasteiger partial charge < -0.3 is 10.6 Å². The normalized spacial score (nSPS) is 21.6. The van der Waals surface area contributed by atoms with Crippen LogP contribution in [0.15, 0.2) is 18.2 Å². The Morgan fingerprint density at radius 2 is 2.20 bits per heavy atom. The summed E-state index contributed by atoms with van der Waals surface area (Å²) in [5.41, 5.74) is 6.83. The van der Waals surface area contributed by atoms with Crippen molar-refractivity contribution in [3.8, 4) is 0 Å². The van der Waals surface area contributed by atoms with Crippen molar-refractivity contribution in [1.29, 1.82) is 0 Å². The highest BCUT2D eigenvalue weighted by molar-refractivity contribution is 6.30. The maximum absolute atomic E-state index is 13.6. The number of hydrogen-bond acceptors (Lipinski definition) is 3. The first-order valence-electron chi connectivity index (χ1n) is 7.07. The van der Waals surface area contributed by atoms with Crippen LogP contribution in [0, 0.1) is 5.82 Å². The second kappa shape index (κ2) is 6.85. The predicted octanol–water partition coefficient (Wildman–Crippen LogP) is 2.50. The first kappa shape index (κ1) is 15.7. The van der Waals surface area contributed by atoms with Crippen LogP contribution in [-0.4, -0.2) is 49.6 Å². The van der Waals surface area contributed by atoms with Crippen molar-refractivity contribution >= 4 is 11.6 Å². The molecule has 1 aromatic rings. The van der Waals surface area contributed by atoms with E-state index in [9.17, 15) is 4.39 Å². The number of likely N-dealkylation sites (tertiary alicyclic amines) is 1. The van der Waals surface area contributed by atoms with Crippen LogP contribution in [0.4, 0.5) is 4.39 Å². The summed E-state index contributed by atoms with van der Waals surface area (Å²) < 4.78 is 13.6. The average molecular weight is 300 g/mol. The van der Waals surface area contributed by atoms with E-state index in [2.05, 4.69) is 23.9 Å². The molecule has 2 rings (SSSR count). The molecule has 3 nitrogen and oxygen atoms in total. The first-order valence-corrected chi connectivity index (χ1v) is 7.45. The molecule has 0 spiro atoms. The zero-order chi connectivity index (χ0) is 14.7. The lowest BCUT2D eigenvalue weighted by atomic mass is 10.0. The fraction of sp³-hybridized carbons (Fsp3) is 0.600. The van der Waals surface area contributed by atoms with E-state index < -0.39 is 0 Å². The molecule has 20 heavy (non-hydrogen) atoms. The average Bonchev–Trinajstić information content (AvgIpc) is 2.76. The summed E-state index contributed by atoms with van der Waals surface area (Å²) in [6, 6.07) is 5.22. The molecule has 1 aliphatic heterocycles. The highest BCUT2D eigenvalue weighted by Crippen LogP contribution is 2.30. The highest BCUT2D eigenvalue weighted by Gasteiger charge is 2.31. The van der Waals surface area contributed by atoms with Crippen molar-refractivity contribution in [3.63, 3.8) is 0 Å². The molecule has 0 amide bonds. The van der Waals surface area contributed by atoms with Gasteiger partial charge in [0.05, 0.1) is 0 Å². The summed E-state index contributed by atoms with van der Waals surface area (Å²) >= 11 is 5.97. The summed E-state index contributed by atoms with van der Waals surface area (Å²) in [5.74, 6) is -0.297. The van der Waals surface area contributed by atoms with Gasteiger partial charge in [-0.15, -0.1) is 0 Å². The van der Waals surface area contributed by atoms with Gasteiger partial charge in [-0.25, -0.2) is 4.39 Å². The van der Waals surface area contributed by atoms with E-state index in [1.807, 2.05) is 6.07 Å². The molecule has 1 aromatic carbocycles. The molecule has 1 heterocycles. The summed E-state index contributed by atoms with van der Waals surface area (Å²) in [7, 11) is 4.15. The standard InChI is InChI=1S/C15H23ClFN3/c1-19(2)10-14-4-3-5-20(14)15(9-18)11-6-12(16)8-13(17)7-11/h6-8,14-15H,3-5,9-10,18H2,1-2H3. The van der Waals surface area contributed by atoms with Gasteiger partial charge in [0.1, 0.15) is 5.82 Å². The molecular weight excluding hydrogens is 277 g/mol. The van der Waals surface area contributed by atoms with Crippen LogP contribution in [0.3, 0.4) is 0 Å². The number of likely N-dealkylation sites (N-methyl/N-ethyl adjacent to an activating group) is 1. The molecular formula is C15H23ClFN3. The molecule has 2 N–H and O–H groups in total. The molecule has 0 aromatic heterocycles. The SMILES string of the molecule is CN(C)CC1CCCN1C(CN)c1cc(F)cc(Cl)c1. The van der Waals surface area contributed by atoms with Gasteiger partial charge in [-0.2, -0.15) is 0 Å². The third-order valence-corrected chi connectivity index (χ3v) is 4.11. The van der Waals surface area contributed by atoms with Crippen molar-refractivity contribution in [3.05, 3.63) is 34.6 Å². The number of benzene rings is 1. The smallest absolute Gasteiger partial charge is 0.125 e. The molecule has 5 heteroatoms. The summed E-state index contributed by atoms with van der Waals surface area (Å²) in [5, 5.41) is 0.432. The van der Waals surface area contributed by atoms with Gasteiger partial charge in [-0.3, -0.25) is 4.90 Å². The minimum Gasteiger partial charge on any atom is -0.329 e. The number of nitrogens with two attached hydrogens (primary N) is 1. The maximum Gasteiger partial charge on any atom is 0.125 e. The van der Waals surface area contributed by atoms with Crippen molar-refractivity contribution in [2.45, 2.75) is 24.9 Å². The Hall–Kier alpha value is -0.680. The van der Waals surface area contributed by atoms with E-state index in [0.717, 1.165) is 31.5 Å². The molecule has 0 saturated carbocycles. The van der Waals surface area contributed by atoms with Crippen LogP contribution in [0.2, 0.25) is 5.02 Å². The van der Waals surface area contributed by atoms with Gasteiger partial charge in [0.2, 0.25) is 0 Å². The van der Waals surface area contributed by atoms with Crippen LogP contribution in [0.1, 0.15) is 24.4 Å². The Bertz CT molecular complexity index is 432. The predicted molar refractivity (Wildman–Crippen MR) is 81.5 cm³/mol. The summed E-state index contributed by atoms with van der Waals surface area (Å²) in [4.78, 5) is 4.58. The third kappa shape index (κ3) is 3.70. The number of hydrogen-bond donors (Lipinski definition) is 1. The van der Waals surface area contributed by atoms with Crippen LogP contribution >= 0.6 is 11.6 Å². The fourth-order valence-electron chi connectivity index (χ4n) is 3.12. The van der Waals surface area contributed by atoms with Crippen LogP contribution in [0.25, 0.3) is 0 Å². The van der Waals surface area contributed by atoms with Crippen LogP contribution in [0.5, 0.6) is 0 Å². The van der Waals surface area contributed by atoms with Gasteiger partial charge >= 0.3 is 0 Å². The van der Waals surface area contributed by atoms with Gasteiger partial charge in [-0.05, 0) is 57.2 Å². The molecule has 2 unspecified atom stereocenters. The van der Waals surface area contributed by atoms with Crippen molar-refractivity contribution in [2.24, 2.45) is 5.73 Å². The second-order valence-corrected chi connectivity index (χ2v) is 6.19. The lowest BCUT2D eigenvalue weighted by Crippen LogP contribution is -2.42.